The average molecular weight is 308 g/mol. The number of imidazole rings is 1. The molecule has 0 saturated heterocycles. The fraction of sp³-hybridized carbons (Fsp3) is 0.333. The minimum absolute atomic E-state index is 0.206. The van der Waals surface area contributed by atoms with Gasteiger partial charge in [0.2, 0.25) is 5.91 Å². The first-order valence-electron chi connectivity index (χ1n) is 8.14. The molecule has 1 amide bonds. The van der Waals surface area contributed by atoms with Crippen LogP contribution in [0.2, 0.25) is 0 Å². The second kappa shape index (κ2) is 5.91. The van der Waals surface area contributed by atoms with Gasteiger partial charge in [-0.1, -0.05) is 18.2 Å². The normalized spacial score (nSPS) is 14.3. The minimum Gasteiger partial charge on any atom is -0.354 e. The topological polar surface area (TPSA) is 62.7 Å². The number of aromatic nitrogens is 3. The monoisotopic (exact) mass is 308 g/mol. The smallest absolute Gasteiger partial charge is 0.223 e. The van der Waals surface area contributed by atoms with E-state index in [1.165, 1.54) is 16.5 Å². The summed E-state index contributed by atoms with van der Waals surface area (Å²) in [5.41, 5.74) is 2.46. The average Bonchev–Trinajstić information content (AvgIpc) is 3.20. The Morgan fingerprint density at radius 2 is 2.22 bits per heavy atom. The fourth-order valence-electron chi connectivity index (χ4n) is 3.01. The van der Waals surface area contributed by atoms with Crippen molar-refractivity contribution in [2.75, 3.05) is 6.54 Å². The van der Waals surface area contributed by atoms with E-state index in [0.29, 0.717) is 6.54 Å². The summed E-state index contributed by atoms with van der Waals surface area (Å²) in [6.45, 7) is 1.46. The summed E-state index contributed by atoms with van der Waals surface area (Å²) < 4.78 is 2.22. The van der Waals surface area contributed by atoms with Crippen LogP contribution < -0.4 is 5.32 Å². The number of hydrogen-bond donors (Lipinski definition) is 2. The maximum absolute atomic E-state index is 11.7. The van der Waals surface area contributed by atoms with Crippen LogP contribution in [0.15, 0.2) is 42.9 Å². The molecule has 0 spiro atoms. The number of nitrogens with one attached hydrogen (secondary N) is 2. The summed E-state index contributed by atoms with van der Waals surface area (Å²) in [7, 11) is 0. The van der Waals surface area contributed by atoms with E-state index in [4.69, 9.17) is 0 Å². The van der Waals surface area contributed by atoms with Crippen LogP contribution in [0.1, 0.15) is 24.2 Å². The molecule has 118 valence electrons. The maximum atomic E-state index is 11.7. The molecule has 0 atom stereocenters. The Bertz CT molecular complexity index is 815. The highest BCUT2D eigenvalue weighted by molar-refractivity contribution is 5.84. The first-order valence-corrected chi connectivity index (χ1v) is 8.14. The lowest BCUT2D eigenvalue weighted by atomic mass is 10.1. The van der Waals surface area contributed by atoms with Gasteiger partial charge in [-0.2, -0.15) is 0 Å². The van der Waals surface area contributed by atoms with Crippen LogP contribution >= 0.6 is 0 Å². The van der Waals surface area contributed by atoms with Crippen LogP contribution in [0, 0.1) is 5.92 Å². The number of amides is 1. The largest absolute Gasteiger partial charge is 0.354 e. The van der Waals surface area contributed by atoms with Gasteiger partial charge in [0.1, 0.15) is 5.82 Å². The predicted octanol–water partition coefficient (Wildman–Crippen LogP) is 2.48. The lowest BCUT2D eigenvalue weighted by molar-refractivity contribution is -0.122. The third-order valence-electron chi connectivity index (χ3n) is 4.38. The van der Waals surface area contributed by atoms with E-state index in [2.05, 4.69) is 50.3 Å². The molecule has 1 fully saturated rings. The highest BCUT2D eigenvalue weighted by atomic mass is 16.2. The second-order valence-electron chi connectivity index (χ2n) is 6.14. The highest BCUT2D eigenvalue weighted by Crippen LogP contribution is 2.28. The molecule has 4 rings (SSSR count). The SMILES string of the molecule is O=C(NCCn1cc(Cc2ncc[nH]2)c2ccccc21)C1CC1. The molecule has 1 aliphatic carbocycles. The first-order chi connectivity index (χ1) is 11.3. The number of nitrogens with zero attached hydrogens (tertiary/aromatic N) is 2. The van der Waals surface area contributed by atoms with Crippen molar-refractivity contribution in [1.29, 1.82) is 0 Å². The zero-order chi connectivity index (χ0) is 15.6. The Morgan fingerprint density at radius 1 is 1.35 bits per heavy atom. The molecule has 2 aromatic heterocycles. The quantitative estimate of drug-likeness (QED) is 0.735. The van der Waals surface area contributed by atoms with E-state index in [1.807, 2.05) is 6.20 Å². The van der Waals surface area contributed by atoms with Crippen molar-refractivity contribution in [2.45, 2.75) is 25.8 Å². The van der Waals surface area contributed by atoms with Gasteiger partial charge in [-0.3, -0.25) is 4.79 Å². The van der Waals surface area contributed by atoms with E-state index >= 15 is 0 Å². The Balaban J connectivity index is 1.52. The highest BCUT2D eigenvalue weighted by Gasteiger charge is 2.29. The van der Waals surface area contributed by atoms with Crippen LogP contribution in [-0.2, 0) is 17.8 Å². The number of rotatable bonds is 6. The van der Waals surface area contributed by atoms with Crippen LogP contribution in [0.3, 0.4) is 0 Å². The summed E-state index contributed by atoms with van der Waals surface area (Å²) in [5, 5.41) is 4.28. The molecule has 3 aromatic rings. The first kappa shape index (κ1) is 14.1. The molecule has 5 nitrogen and oxygen atoms in total. The molecular formula is C18H20N4O. The van der Waals surface area contributed by atoms with Crippen molar-refractivity contribution in [1.82, 2.24) is 19.9 Å². The van der Waals surface area contributed by atoms with E-state index in [1.54, 1.807) is 6.20 Å². The number of hydrogen-bond acceptors (Lipinski definition) is 2. The Hall–Kier alpha value is -2.56. The van der Waals surface area contributed by atoms with Gasteiger partial charge in [0, 0.05) is 54.9 Å². The number of benzene rings is 1. The van der Waals surface area contributed by atoms with E-state index in [9.17, 15) is 4.79 Å². The molecule has 5 heteroatoms. The minimum atomic E-state index is 0.206. The van der Waals surface area contributed by atoms with E-state index < -0.39 is 0 Å². The number of aromatic amines is 1. The summed E-state index contributed by atoms with van der Waals surface area (Å²) >= 11 is 0. The molecule has 1 saturated carbocycles. The van der Waals surface area contributed by atoms with Gasteiger partial charge in [0.05, 0.1) is 0 Å². The zero-order valence-electron chi connectivity index (χ0n) is 13.0. The second-order valence-corrected chi connectivity index (χ2v) is 6.14. The molecular weight excluding hydrogens is 288 g/mol. The summed E-state index contributed by atoms with van der Waals surface area (Å²) in [6.07, 6.45) is 8.69. The van der Waals surface area contributed by atoms with Crippen molar-refractivity contribution in [3.63, 3.8) is 0 Å². The van der Waals surface area contributed by atoms with Crippen molar-refractivity contribution in [3.05, 3.63) is 54.2 Å². The summed E-state index contributed by atoms with van der Waals surface area (Å²) in [5.74, 6) is 1.44. The van der Waals surface area contributed by atoms with Crippen LogP contribution in [-0.4, -0.2) is 27.0 Å². The lowest BCUT2D eigenvalue weighted by Crippen LogP contribution is -2.28. The Kier molecular flexibility index (Phi) is 3.61. The van der Waals surface area contributed by atoms with Crippen LogP contribution in [0.25, 0.3) is 10.9 Å². The molecule has 0 bridgehead atoms. The van der Waals surface area contributed by atoms with Crippen molar-refractivity contribution >= 4 is 16.8 Å². The molecule has 1 aromatic carbocycles. The summed E-state index contributed by atoms with van der Waals surface area (Å²) in [6, 6.07) is 8.39. The van der Waals surface area contributed by atoms with Gasteiger partial charge < -0.3 is 14.9 Å². The number of para-hydroxylation sites is 1. The van der Waals surface area contributed by atoms with Crippen LogP contribution in [0.5, 0.6) is 0 Å². The number of carbonyl (C=O) groups is 1. The Labute approximate surface area is 134 Å². The van der Waals surface area contributed by atoms with Crippen molar-refractivity contribution < 1.29 is 4.79 Å². The van der Waals surface area contributed by atoms with Gasteiger partial charge >= 0.3 is 0 Å². The lowest BCUT2D eigenvalue weighted by Gasteiger charge is -2.07. The maximum Gasteiger partial charge on any atom is 0.223 e. The summed E-state index contributed by atoms with van der Waals surface area (Å²) in [4.78, 5) is 19.2. The van der Waals surface area contributed by atoms with Gasteiger partial charge in [-0.25, -0.2) is 4.98 Å². The predicted molar refractivity (Wildman–Crippen MR) is 89.1 cm³/mol. The number of H-pyrrole nitrogens is 1. The van der Waals surface area contributed by atoms with Gasteiger partial charge in [-0.05, 0) is 24.5 Å². The van der Waals surface area contributed by atoms with Gasteiger partial charge in [0.15, 0.2) is 0 Å². The molecule has 2 heterocycles. The van der Waals surface area contributed by atoms with Gasteiger partial charge in [-0.15, -0.1) is 0 Å². The molecule has 23 heavy (non-hydrogen) atoms. The number of fused-ring (bicyclic) bond motifs is 1. The standard InChI is InChI=1S/C18H20N4O/c23-18(13-5-6-13)21-9-10-22-12-14(11-17-19-7-8-20-17)15-3-1-2-4-16(15)22/h1-4,7-8,12-13H,5-6,9-11H2,(H,19,20)(H,21,23). The van der Waals surface area contributed by atoms with E-state index in [0.717, 1.165) is 31.6 Å². The molecule has 1 aliphatic rings. The third-order valence-corrected chi connectivity index (χ3v) is 4.38. The molecule has 0 radical (unpaired) electrons. The van der Waals surface area contributed by atoms with Crippen LogP contribution in [0.4, 0.5) is 0 Å². The van der Waals surface area contributed by atoms with Crippen molar-refractivity contribution in [2.24, 2.45) is 5.92 Å². The zero-order valence-corrected chi connectivity index (χ0v) is 13.0. The van der Waals surface area contributed by atoms with Crippen molar-refractivity contribution in [3.8, 4) is 0 Å². The third kappa shape index (κ3) is 2.99. The fourth-order valence-corrected chi connectivity index (χ4v) is 3.01. The van der Waals surface area contributed by atoms with E-state index in [-0.39, 0.29) is 11.8 Å². The Morgan fingerprint density at radius 3 is 3.00 bits per heavy atom. The van der Waals surface area contributed by atoms with Gasteiger partial charge in [0.25, 0.3) is 0 Å². The number of carbonyl (C=O) groups excluding carboxylic acids is 1. The molecule has 0 unspecified atom stereocenters. The molecule has 2 N–H and O–H groups in total. The molecule has 0 aliphatic heterocycles.